The number of hydrogen-bond donors (Lipinski definition) is 3. The highest BCUT2D eigenvalue weighted by atomic mass is 16.3. The van der Waals surface area contributed by atoms with E-state index in [-0.39, 0.29) is 18.0 Å². The van der Waals surface area contributed by atoms with E-state index in [1.165, 1.54) is 6.07 Å². The summed E-state index contributed by atoms with van der Waals surface area (Å²) in [5.41, 5.74) is 0.349. The van der Waals surface area contributed by atoms with Crippen molar-refractivity contribution in [1.29, 1.82) is 0 Å². The molecular weight excluding hydrogens is 220 g/mol. The minimum Gasteiger partial charge on any atom is -0.391 e. The zero-order valence-corrected chi connectivity index (χ0v) is 10.3. The monoisotopic (exact) mass is 238 g/mol. The van der Waals surface area contributed by atoms with Crippen molar-refractivity contribution in [1.82, 2.24) is 10.3 Å². The summed E-state index contributed by atoms with van der Waals surface area (Å²) in [6.07, 6.45) is -0.608. The quantitative estimate of drug-likeness (QED) is 0.711. The molecule has 0 radical (unpaired) electrons. The lowest BCUT2D eigenvalue weighted by atomic mass is 10.1. The maximum absolute atomic E-state index is 11.7. The van der Waals surface area contributed by atoms with Gasteiger partial charge in [-0.05, 0) is 25.0 Å². The number of rotatable bonds is 4. The van der Waals surface area contributed by atoms with Crippen LogP contribution < -0.4 is 10.9 Å². The molecular formula is C12H18N2O3. The second-order valence-electron chi connectivity index (χ2n) is 4.41. The highest BCUT2D eigenvalue weighted by Crippen LogP contribution is 1.99. The van der Waals surface area contributed by atoms with E-state index in [4.69, 9.17) is 0 Å². The standard InChI is InChI=1S/C12H18N2O3/c1-7(2)10(15)6-13-11(16)9-5-4-8(3)14-12(9)17/h4-5,7,10,15H,6H2,1-3H3,(H,13,16)(H,14,17). The third-order valence-electron chi connectivity index (χ3n) is 2.54. The second kappa shape index (κ2) is 5.63. The van der Waals surface area contributed by atoms with E-state index in [1.807, 2.05) is 13.8 Å². The highest BCUT2D eigenvalue weighted by molar-refractivity contribution is 5.93. The SMILES string of the molecule is Cc1ccc(C(=O)NCC(O)C(C)C)c(=O)[nH]1. The number of carbonyl (C=O) groups is 1. The predicted molar refractivity (Wildman–Crippen MR) is 65.0 cm³/mol. The summed E-state index contributed by atoms with van der Waals surface area (Å²) in [6, 6.07) is 3.14. The van der Waals surface area contributed by atoms with E-state index in [0.717, 1.165) is 0 Å². The van der Waals surface area contributed by atoms with Crippen molar-refractivity contribution < 1.29 is 9.90 Å². The number of H-pyrrole nitrogens is 1. The van der Waals surface area contributed by atoms with Crippen molar-refractivity contribution in [2.75, 3.05) is 6.54 Å². The Balaban J connectivity index is 2.68. The van der Waals surface area contributed by atoms with Crippen LogP contribution in [0.3, 0.4) is 0 Å². The first-order chi connectivity index (χ1) is 7.91. The van der Waals surface area contributed by atoms with Crippen LogP contribution >= 0.6 is 0 Å². The van der Waals surface area contributed by atoms with Gasteiger partial charge in [0.15, 0.2) is 0 Å². The number of pyridine rings is 1. The van der Waals surface area contributed by atoms with Gasteiger partial charge in [-0.25, -0.2) is 0 Å². The zero-order valence-electron chi connectivity index (χ0n) is 10.3. The predicted octanol–water partition coefficient (Wildman–Crippen LogP) is 0.430. The summed E-state index contributed by atoms with van der Waals surface area (Å²) >= 11 is 0. The van der Waals surface area contributed by atoms with Gasteiger partial charge in [-0.2, -0.15) is 0 Å². The van der Waals surface area contributed by atoms with Gasteiger partial charge < -0.3 is 15.4 Å². The largest absolute Gasteiger partial charge is 0.391 e. The maximum atomic E-state index is 11.7. The van der Waals surface area contributed by atoms with Gasteiger partial charge in [0.2, 0.25) is 0 Å². The second-order valence-corrected chi connectivity index (χ2v) is 4.41. The smallest absolute Gasteiger partial charge is 0.260 e. The lowest BCUT2D eigenvalue weighted by molar-refractivity contribution is 0.0870. The number of aromatic amines is 1. The lowest BCUT2D eigenvalue weighted by Crippen LogP contribution is -2.37. The van der Waals surface area contributed by atoms with Crippen LogP contribution in [0.4, 0.5) is 0 Å². The number of aryl methyl sites for hydroxylation is 1. The fraction of sp³-hybridized carbons (Fsp3) is 0.500. The van der Waals surface area contributed by atoms with Crippen molar-refractivity contribution in [3.05, 3.63) is 33.7 Å². The molecule has 0 aromatic carbocycles. The van der Waals surface area contributed by atoms with Crippen molar-refractivity contribution in [2.24, 2.45) is 5.92 Å². The highest BCUT2D eigenvalue weighted by Gasteiger charge is 2.13. The summed E-state index contributed by atoms with van der Waals surface area (Å²) in [7, 11) is 0. The van der Waals surface area contributed by atoms with Crippen LogP contribution in [0.2, 0.25) is 0 Å². The molecule has 1 atom stereocenters. The van der Waals surface area contributed by atoms with Crippen LogP contribution in [0.25, 0.3) is 0 Å². The number of hydrogen-bond acceptors (Lipinski definition) is 3. The Bertz CT molecular complexity index is 451. The molecule has 0 aliphatic carbocycles. The molecule has 0 saturated carbocycles. The Morgan fingerprint density at radius 3 is 2.65 bits per heavy atom. The van der Waals surface area contributed by atoms with E-state index >= 15 is 0 Å². The number of aliphatic hydroxyl groups excluding tert-OH is 1. The molecule has 0 spiro atoms. The number of aliphatic hydroxyl groups is 1. The van der Waals surface area contributed by atoms with E-state index in [0.29, 0.717) is 5.69 Å². The van der Waals surface area contributed by atoms with E-state index in [1.54, 1.807) is 13.0 Å². The third kappa shape index (κ3) is 3.71. The van der Waals surface area contributed by atoms with E-state index < -0.39 is 17.6 Å². The Morgan fingerprint density at radius 1 is 1.47 bits per heavy atom. The third-order valence-corrected chi connectivity index (χ3v) is 2.54. The van der Waals surface area contributed by atoms with Crippen molar-refractivity contribution >= 4 is 5.91 Å². The summed E-state index contributed by atoms with van der Waals surface area (Å²) < 4.78 is 0. The average molecular weight is 238 g/mol. The Labute approximate surface area is 99.9 Å². The van der Waals surface area contributed by atoms with Crippen LogP contribution in [-0.4, -0.2) is 28.6 Å². The lowest BCUT2D eigenvalue weighted by Gasteiger charge is -2.14. The van der Waals surface area contributed by atoms with Gasteiger partial charge in [0, 0.05) is 12.2 Å². The number of aromatic nitrogens is 1. The molecule has 0 bridgehead atoms. The van der Waals surface area contributed by atoms with Crippen LogP contribution in [0.1, 0.15) is 29.9 Å². The van der Waals surface area contributed by atoms with Gasteiger partial charge in [-0.1, -0.05) is 13.8 Å². The first-order valence-electron chi connectivity index (χ1n) is 5.58. The summed E-state index contributed by atoms with van der Waals surface area (Å²) in [5, 5.41) is 12.1. The van der Waals surface area contributed by atoms with Crippen molar-refractivity contribution in [2.45, 2.75) is 26.9 Å². The Morgan fingerprint density at radius 2 is 2.12 bits per heavy atom. The Hall–Kier alpha value is -1.62. The molecule has 1 amide bonds. The van der Waals surface area contributed by atoms with Gasteiger partial charge in [-0.3, -0.25) is 9.59 Å². The molecule has 0 aliphatic heterocycles. The molecule has 5 nitrogen and oxygen atoms in total. The number of carbonyl (C=O) groups excluding carboxylic acids is 1. The van der Waals surface area contributed by atoms with Gasteiger partial charge >= 0.3 is 0 Å². The van der Waals surface area contributed by atoms with Crippen LogP contribution in [0.5, 0.6) is 0 Å². The normalized spacial score (nSPS) is 12.5. The molecule has 1 aromatic rings. The molecule has 1 heterocycles. The molecule has 3 N–H and O–H groups in total. The molecule has 1 rings (SSSR count). The topological polar surface area (TPSA) is 82.2 Å². The van der Waals surface area contributed by atoms with Gasteiger partial charge in [-0.15, -0.1) is 0 Å². The van der Waals surface area contributed by atoms with Crippen LogP contribution in [-0.2, 0) is 0 Å². The van der Waals surface area contributed by atoms with E-state index in [9.17, 15) is 14.7 Å². The number of nitrogens with one attached hydrogen (secondary N) is 2. The maximum Gasteiger partial charge on any atom is 0.260 e. The zero-order chi connectivity index (χ0) is 13.0. The van der Waals surface area contributed by atoms with Gasteiger partial charge in [0.05, 0.1) is 6.10 Å². The van der Waals surface area contributed by atoms with E-state index in [2.05, 4.69) is 10.3 Å². The average Bonchev–Trinajstić information content (AvgIpc) is 2.25. The van der Waals surface area contributed by atoms with Crippen LogP contribution in [0.15, 0.2) is 16.9 Å². The molecule has 0 fully saturated rings. The molecule has 94 valence electrons. The molecule has 0 saturated heterocycles. The van der Waals surface area contributed by atoms with Crippen molar-refractivity contribution in [3.8, 4) is 0 Å². The first-order valence-corrected chi connectivity index (χ1v) is 5.58. The molecule has 0 aliphatic rings. The minimum absolute atomic E-state index is 0.0616. The first kappa shape index (κ1) is 13.4. The molecule has 1 aromatic heterocycles. The number of amides is 1. The summed E-state index contributed by atoms with van der Waals surface area (Å²) in [4.78, 5) is 25.7. The fourth-order valence-corrected chi connectivity index (χ4v) is 1.28. The summed E-state index contributed by atoms with van der Waals surface area (Å²) in [5.74, 6) is -0.405. The summed E-state index contributed by atoms with van der Waals surface area (Å²) in [6.45, 7) is 5.60. The molecule has 5 heteroatoms. The van der Waals surface area contributed by atoms with Gasteiger partial charge in [0.1, 0.15) is 5.56 Å². The fourth-order valence-electron chi connectivity index (χ4n) is 1.28. The Kier molecular flexibility index (Phi) is 4.45. The molecule has 17 heavy (non-hydrogen) atoms. The van der Waals surface area contributed by atoms with Crippen molar-refractivity contribution in [3.63, 3.8) is 0 Å². The minimum atomic E-state index is -0.608. The van der Waals surface area contributed by atoms with Crippen LogP contribution in [0, 0.1) is 12.8 Å². The van der Waals surface area contributed by atoms with Gasteiger partial charge in [0.25, 0.3) is 11.5 Å². The molecule has 1 unspecified atom stereocenters.